The molecule has 7 nitrogen and oxygen atoms in total. The Morgan fingerprint density at radius 2 is 2.00 bits per heavy atom. The summed E-state index contributed by atoms with van der Waals surface area (Å²) in [5, 5.41) is 9.45. The molecule has 0 saturated heterocycles. The maximum absolute atomic E-state index is 12.0. The van der Waals surface area contributed by atoms with Gasteiger partial charge in [-0.1, -0.05) is 19.1 Å². The second-order valence-corrected chi connectivity index (χ2v) is 7.72. The van der Waals surface area contributed by atoms with Crippen molar-refractivity contribution in [1.82, 2.24) is 16.0 Å². The number of carbonyl (C=O) groups is 1. The first-order valence-corrected chi connectivity index (χ1v) is 11.2. The molecular weight excluding hydrogens is 380 g/mol. The van der Waals surface area contributed by atoms with E-state index in [-0.39, 0.29) is 18.1 Å². The Hall–Kier alpha value is -2.44. The lowest BCUT2D eigenvalue weighted by atomic mass is 10.1. The summed E-state index contributed by atoms with van der Waals surface area (Å²) < 4.78 is 11.8. The molecule has 30 heavy (non-hydrogen) atoms. The van der Waals surface area contributed by atoms with Crippen LogP contribution in [0, 0.1) is 0 Å². The van der Waals surface area contributed by atoms with Crippen molar-refractivity contribution in [3.63, 3.8) is 0 Å². The summed E-state index contributed by atoms with van der Waals surface area (Å²) in [6.45, 7) is 7.82. The van der Waals surface area contributed by atoms with Crippen molar-refractivity contribution >= 4 is 11.9 Å². The van der Waals surface area contributed by atoms with Gasteiger partial charge in [-0.3, -0.25) is 4.79 Å². The quantitative estimate of drug-likeness (QED) is 0.379. The van der Waals surface area contributed by atoms with E-state index in [9.17, 15) is 4.79 Å². The molecule has 0 heterocycles. The second-order valence-electron chi connectivity index (χ2n) is 7.72. The molecule has 1 unspecified atom stereocenters. The molecule has 0 spiro atoms. The van der Waals surface area contributed by atoms with Crippen molar-refractivity contribution < 1.29 is 14.3 Å². The SMILES string of the molecule is CCNC(=NCc1cccc(OC)c1OC1CCCC1)NCCC(=O)NC(C)CC. The van der Waals surface area contributed by atoms with Crippen LogP contribution in [-0.4, -0.2) is 44.2 Å². The van der Waals surface area contributed by atoms with Gasteiger partial charge in [-0.05, 0) is 52.0 Å². The highest BCUT2D eigenvalue weighted by Gasteiger charge is 2.20. The van der Waals surface area contributed by atoms with E-state index >= 15 is 0 Å². The highest BCUT2D eigenvalue weighted by molar-refractivity contribution is 5.81. The van der Waals surface area contributed by atoms with E-state index in [0.717, 1.165) is 42.9 Å². The first-order valence-electron chi connectivity index (χ1n) is 11.2. The Morgan fingerprint density at radius 1 is 1.23 bits per heavy atom. The van der Waals surface area contributed by atoms with E-state index < -0.39 is 0 Å². The topological polar surface area (TPSA) is 84.0 Å². The predicted octanol–water partition coefficient (Wildman–Crippen LogP) is 3.38. The standard InChI is InChI=1S/C23H38N4O3/c1-5-17(3)27-21(28)14-15-25-23(24-6-2)26-16-18-10-9-13-20(29-4)22(18)30-19-11-7-8-12-19/h9-10,13,17,19H,5-8,11-12,14-16H2,1-4H3,(H,27,28)(H2,24,25,26). The number of amides is 1. The van der Waals surface area contributed by atoms with E-state index in [1.54, 1.807) is 7.11 Å². The molecule has 0 radical (unpaired) electrons. The number of nitrogens with one attached hydrogen (secondary N) is 3. The van der Waals surface area contributed by atoms with E-state index in [1.807, 2.05) is 32.0 Å². The number of aliphatic imine (C=N–C) groups is 1. The van der Waals surface area contributed by atoms with Crippen LogP contribution in [0.15, 0.2) is 23.2 Å². The minimum Gasteiger partial charge on any atom is -0.493 e. The van der Waals surface area contributed by atoms with Crippen LogP contribution < -0.4 is 25.4 Å². The molecule has 1 aromatic rings. The van der Waals surface area contributed by atoms with Gasteiger partial charge in [0.05, 0.1) is 19.8 Å². The second kappa shape index (κ2) is 13.0. The third kappa shape index (κ3) is 7.76. The summed E-state index contributed by atoms with van der Waals surface area (Å²) in [6.07, 6.45) is 6.19. The average molecular weight is 419 g/mol. The Bertz CT molecular complexity index is 687. The van der Waals surface area contributed by atoms with Crippen LogP contribution in [0.25, 0.3) is 0 Å². The summed E-state index contributed by atoms with van der Waals surface area (Å²) in [7, 11) is 1.67. The van der Waals surface area contributed by atoms with E-state index in [1.165, 1.54) is 12.8 Å². The molecule has 0 aromatic heterocycles. The lowest BCUT2D eigenvalue weighted by molar-refractivity contribution is -0.121. The first kappa shape index (κ1) is 23.8. The van der Waals surface area contributed by atoms with Gasteiger partial charge in [0.2, 0.25) is 5.91 Å². The molecule has 1 aliphatic rings. The lowest BCUT2D eigenvalue weighted by Gasteiger charge is -2.19. The third-order valence-corrected chi connectivity index (χ3v) is 5.28. The Labute approximate surface area is 181 Å². The summed E-state index contributed by atoms with van der Waals surface area (Å²) in [4.78, 5) is 16.7. The van der Waals surface area contributed by atoms with Gasteiger partial charge >= 0.3 is 0 Å². The highest BCUT2D eigenvalue weighted by Crippen LogP contribution is 2.35. The number of rotatable bonds is 11. The first-order chi connectivity index (χ1) is 14.6. The number of guanidine groups is 1. The van der Waals surface area contributed by atoms with Gasteiger partial charge in [0.15, 0.2) is 17.5 Å². The van der Waals surface area contributed by atoms with Gasteiger partial charge in [0.25, 0.3) is 0 Å². The van der Waals surface area contributed by atoms with Crippen LogP contribution in [0.3, 0.4) is 0 Å². The fraction of sp³-hybridized carbons (Fsp3) is 0.652. The molecule has 1 saturated carbocycles. The van der Waals surface area contributed by atoms with Crippen LogP contribution in [0.2, 0.25) is 0 Å². The molecule has 3 N–H and O–H groups in total. The summed E-state index contributed by atoms with van der Waals surface area (Å²) in [6, 6.07) is 6.12. The van der Waals surface area contributed by atoms with Crippen LogP contribution in [0.1, 0.15) is 64.9 Å². The molecule has 0 bridgehead atoms. The predicted molar refractivity (Wildman–Crippen MR) is 121 cm³/mol. The van der Waals surface area contributed by atoms with E-state index in [2.05, 4.69) is 22.9 Å². The van der Waals surface area contributed by atoms with Crippen LogP contribution in [-0.2, 0) is 11.3 Å². The Kier molecular flexibility index (Phi) is 10.3. The van der Waals surface area contributed by atoms with Crippen molar-refractivity contribution in [2.45, 2.75) is 78.0 Å². The summed E-state index contributed by atoms with van der Waals surface area (Å²) >= 11 is 0. The molecule has 1 atom stereocenters. The van der Waals surface area contributed by atoms with Gasteiger partial charge < -0.3 is 25.4 Å². The van der Waals surface area contributed by atoms with Gasteiger partial charge in [0, 0.05) is 31.1 Å². The molecule has 7 heteroatoms. The fourth-order valence-electron chi connectivity index (χ4n) is 3.40. The van der Waals surface area contributed by atoms with Crippen molar-refractivity contribution in [2.24, 2.45) is 4.99 Å². The monoisotopic (exact) mass is 418 g/mol. The van der Waals surface area contributed by atoms with Gasteiger partial charge in [0.1, 0.15) is 0 Å². The highest BCUT2D eigenvalue weighted by atomic mass is 16.5. The lowest BCUT2D eigenvalue weighted by Crippen LogP contribution is -2.40. The number of hydrogen-bond donors (Lipinski definition) is 3. The number of nitrogens with zero attached hydrogens (tertiary/aromatic N) is 1. The zero-order valence-corrected chi connectivity index (χ0v) is 18.9. The minimum atomic E-state index is 0.0488. The molecule has 2 rings (SSSR count). The van der Waals surface area contributed by atoms with Crippen molar-refractivity contribution in [3.05, 3.63) is 23.8 Å². The van der Waals surface area contributed by atoms with Crippen LogP contribution in [0.5, 0.6) is 11.5 Å². The Balaban J connectivity index is 2.00. The zero-order chi connectivity index (χ0) is 21.8. The fourth-order valence-corrected chi connectivity index (χ4v) is 3.40. The Morgan fingerprint density at radius 3 is 2.67 bits per heavy atom. The van der Waals surface area contributed by atoms with Crippen molar-refractivity contribution in [3.8, 4) is 11.5 Å². The number of carbonyl (C=O) groups excluding carboxylic acids is 1. The molecule has 1 aromatic carbocycles. The molecule has 0 aliphatic heterocycles. The number of methoxy groups -OCH3 is 1. The van der Waals surface area contributed by atoms with Crippen molar-refractivity contribution in [2.75, 3.05) is 20.2 Å². The van der Waals surface area contributed by atoms with E-state index in [0.29, 0.717) is 25.5 Å². The summed E-state index contributed by atoms with van der Waals surface area (Å²) in [5.41, 5.74) is 0.993. The largest absolute Gasteiger partial charge is 0.493 e. The maximum Gasteiger partial charge on any atom is 0.221 e. The molecule has 1 amide bonds. The third-order valence-electron chi connectivity index (χ3n) is 5.28. The van der Waals surface area contributed by atoms with Crippen LogP contribution in [0.4, 0.5) is 0 Å². The average Bonchev–Trinajstić information content (AvgIpc) is 3.25. The van der Waals surface area contributed by atoms with E-state index in [4.69, 9.17) is 14.5 Å². The normalized spacial score (nSPS) is 15.5. The molecule has 1 aliphatic carbocycles. The maximum atomic E-state index is 12.0. The molecule has 1 fully saturated rings. The number of hydrogen-bond acceptors (Lipinski definition) is 4. The number of para-hydroxylation sites is 1. The van der Waals surface area contributed by atoms with Gasteiger partial charge in [-0.2, -0.15) is 0 Å². The van der Waals surface area contributed by atoms with Gasteiger partial charge in [-0.25, -0.2) is 4.99 Å². The van der Waals surface area contributed by atoms with Crippen LogP contribution >= 0.6 is 0 Å². The van der Waals surface area contributed by atoms with Gasteiger partial charge in [-0.15, -0.1) is 0 Å². The van der Waals surface area contributed by atoms with Crippen molar-refractivity contribution in [1.29, 1.82) is 0 Å². The smallest absolute Gasteiger partial charge is 0.221 e. The minimum absolute atomic E-state index is 0.0488. The molecule has 168 valence electrons. The molecular formula is C23H38N4O3. The number of ether oxygens (including phenoxy) is 2. The number of benzene rings is 1. The summed E-state index contributed by atoms with van der Waals surface area (Å²) in [5.74, 6) is 2.27. The zero-order valence-electron chi connectivity index (χ0n) is 18.9.